The van der Waals surface area contributed by atoms with Crippen LogP contribution in [0.4, 0.5) is 0 Å². The molecule has 2 nitrogen and oxygen atoms in total. The number of ether oxygens (including phenoxy) is 1. The molecule has 0 amide bonds. The number of unbranched alkanes of at least 4 members (excludes halogenated alkanes) is 1. The van der Waals surface area contributed by atoms with E-state index in [1.54, 1.807) is 7.11 Å². The predicted molar refractivity (Wildman–Crippen MR) is 83.4 cm³/mol. The number of methoxy groups -OCH3 is 1. The molecule has 18 heavy (non-hydrogen) atoms. The second-order valence-electron chi connectivity index (χ2n) is 4.33. The minimum Gasteiger partial charge on any atom is -0.497 e. The Kier molecular flexibility index (Phi) is 5.85. The summed E-state index contributed by atoms with van der Waals surface area (Å²) in [6.07, 6.45) is 3.91. The Morgan fingerprint density at radius 3 is 2.44 bits per heavy atom. The first-order valence-electron chi connectivity index (χ1n) is 6.06. The molecule has 0 aliphatic carbocycles. The van der Waals surface area contributed by atoms with Gasteiger partial charge in [-0.1, -0.05) is 38.5 Å². The Morgan fingerprint density at radius 1 is 1.44 bits per heavy atom. The van der Waals surface area contributed by atoms with Gasteiger partial charge in [0.1, 0.15) is 12.0 Å². The largest absolute Gasteiger partial charge is 0.497 e. The maximum atomic E-state index is 11.6. The molecular formula is C15H19IO2. The van der Waals surface area contributed by atoms with Crippen LogP contribution < -0.4 is 4.74 Å². The second kappa shape index (κ2) is 6.92. The number of hydrogen-bond acceptors (Lipinski definition) is 2. The summed E-state index contributed by atoms with van der Waals surface area (Å²) in [5.41, 5.74) is 0.425. The molecule has 0 aliphatic heterocycles. The van der Waals surface area contributed by atoms with Crippen molar-refractivity contribution in [1.82, 2.24) is 0 Å². The Hall–Kier alpha value is -0.840. The molecule has 1 rings (SSSR count). The summed E-state index contributed by atoms with van der Waals surface area (Å²) in [5.74, 6) is 0.799. The number of hydrogen-bond donors (Lipinski definition) is 0. The maximum Gasteiger partial charge on any atom is 0.135 e. The molecule has 1 aromatic carbocycles. The first-order chi connectivity index (χ1) is 8.60. The summed E-state index contributed by atoms with van der Waals surface area (Å²) in [7, 11) is 1.64. The van der Waals surface area contributed by atoms with E-state index in [1.807, 2.05) is 24.3 Å². The highest BCUT2D eigenvalue weighted by Crippen LogP contribution is 2.38. The standard InChI is InChI=1S/C15H19IO2/c1-4-5-10-15(11-17,12(2)16)13-6-8-14(18-3)9-7-13/h6-9,11H,2,4-5,10H2,1,3H3. The SMILES string of the molecule is C=C(I)C(C=O)(CCCC)c1ccc(OC)cc1. The van der Waals surface area contributed by atoms with Crippen LogP contribution in [0.15, 0.2) is 34.4 Å². The molecule has 98 valence electrons. The summed E-state index contributed by atoms with van der Waals surface area (Å²) >= 11 is 2.16. The van der Waals surface area contributed by atoms with Crippen LogP contribution in [-0.4, -0.2) is 13.4 Å². The minimum atomic E-state index is -0.567. The fraction of sp³-hybridized carbons (Fsp3) is 0.400. The number of carbonyl (C=O) groups excluding carboxylic acids is 1. The van der Waals surface area contributed by atoms with Crippen molar-refractivity contribution < 1.29 is 9.53 Å². The Balaban J connectivity index is 3.14. The quantitative estimate of drug-likeness (QED) is 0.538. The average molecular weight is 358 g/mol. The van der Waals surface area contributed by atoms with Crippen molar-refractivity contribution in [1.29, 1.82) is 0 Å². The van der Waals surface area contributed by atoms with Crippen LogP contribution in [0.1, 0.15) is 31.7 Å². The van der Waals surface area contributed by atoms with Gasteiger partial charge >= 0.3 is 0 Å². The van der Waals surface area contributed by atoms with Gasteiger partial charge in [-0.2, -0.15) is 0 Å². The van der Waals surface area contributed by atoms with Gasteiger partial charge < -0.3 is 9.53 Å². The lowest BCUT2D eigenvalue weighted by Crippen LogP contribution is -2.28. The molecule has 1 unspecified atom stereocenters. The lowest BCUT2D eigenvalue weighted by Gasteiger charge is -2.28. The van der Waals surface area contributed by atoms with E-state index in [0.29, 0.717) is 0 Å². The molecular weight excluding hydrogens is 339 g/mol. The fourth-order valence-corrected chi connectivity index (χ4v) is 2.68. The van der Waals surface area contributed by atoms with Crippen molar-refractivity contribution in [3.05, 3.63) is 40.0 Å². The number of rotatable bonds is 7. The zero-order valence-corrected chi connectivity index (χ0v) is 13.1. The first kappa shape index (κ1) is 15.2. The van der Waals surface area contributed by atoms with Gasteiger partial charge in [0.15, 0.2) is 0 Å². The van der Waals surface area contributed by atoms with Crippen LogP contribution in [0.25, 0.3) is 0 Å². The third-order valence-electron chi connectivity index (χ3n) is 3.22. The third kappa shape index (κ3) is 3.13. The molecule has 0 aromatic heterocycles. The third-order valence-corrected chi connectivity index (χ3v) is 4.18. The molecule has 0 N–H and O–H groups in total. The minimum absolute atomic E-state index is 0.567. The van der Waals surface area contributed by atoms with Gasteiger partial charge in [0.2, 0.25) is 0 Å². The highest BCUT2D eigenvalue weighted by Gasteiger charge is 2.33. The van der Waals surface area contributed by atoms with Crippen LogP contribution in [0.3, 0.4) is 0 Å². The number of benzene rings is 1. The lowest BCUT2D eigenvalue weighted by molar-refractivity contribution is -0.111. The predicted octanol–water partition coefficient (Wildman–Crippen LogP) is 4.27. The van der Waals surface area contributed by atoms with E-state index < -0.39 is 5.41 Å². The van der Waals surface area contributed by atoms with Gasteiger partial charge in [-0.25, -0.2) is 0 Å². The van der Waals surface area contributed by atoms with Gasteiger partial charge in [-0.05, 0) is 46.7 Å². The number of aldehydes is 1. The Labute approximate surface area is 123 Å². The van der Waals surface area contributed by atoms with E-state index in [1.165, 1.54) is 0 Å². The number of halogens is 1. The maximum absolute atomic E-state index is 11.6. The Morgan fingerprint density at radius 2 is 2.06 bits per heavy atom. The molecule has 0 fully saturated rings. The van der Waals surface area contributed by atoms with Crippen molar-refractivity contribution >= 4 is 28.9 Å². The van der Waals surface area contributed by atoms with Crippen LogP contribution in [0, 0.1) is 0 Å². The molecule has 3 heteroatoms. The van der Waals surface area contributed by atoms with E-state index in [0.717, 1.165) is 40.4 Å². The van der Waals surface area contributed by atoms with Crippen LogP contribution in [0.2, 0.25) is 0 Å². The summed E-state index contributed by atoms with van der Waals surface area (Å²) in [6, 6.07) is 7.68. The van der Waals surface area contributed by atoms with Crippen LogP contribution >= 0.6 is 22.6 Å². The lowest BCUT2D eigenvalue weighted by atomic mass is 9.78. The van der Waals surface area contributed by atoms with Gasteiger partial charge in [0.25, 0.3) is 0 Å². The van der Waals surface area contributed by atoms with E-state index in [-0.39, 0.29) is 0 Å². The summed E-state index contributed by atoms with van der Waals surface area (Å²) in [5, 5.41) is 0. The zero-order valence-electron chi connectivity index (χ0n) is 10.9. The Bertz CT molecular complexity index is 411. The van der Waals surface area contributed by atoms with E-state index in [4.69, 9.17) is 4.74 Å². The molecule has 0 spiro atoms. The number of allylic oxidation sites excluding steroid dienone is 1. The number of carbonyl (C=O) groups is 1. The highest BCUT2D eigenvalue weighted by molar-refractivity contribution is 14.1. The molecule has 1 atom stereocenters. The summed E-state index contributed by atoms with van der Waals surface area (Å²) in [6.45, 7) is 6.12. The van der Waals surface area contributed by atoms with Gasteiger partial charge in [0.05, 0.1) is 12.5 Å². The van der Waals surface area contributed by atoms with Gasteiger partial charge in [-0.15, -0.1) is 0 Å². The topological polar surface area (TPSA) is 26.3 Å². The second-order valence-corrected chi connectivity index (χ2v) is 5.63. The molecule has 0 aliphatic rings. The molecule has 0 heterocycles. The normalized spacial score (nSPS) is 13.7. The molecule has 0 radical (unpaired) electrons. The average Bonchev–Trinajstić information content (AvgIpc) is 2.40. The highest BCUT2D eigenvalue weighted by atomic mass is 127. The van der Waals surface area contributed by atoms with Crippen LogP contribution in [-0.2, 0) is 10.2 Å². The van der Waals surface area contributed by atoms with Gasteiger partial charge in [-0.3, -0.25) is 0 Å². The zero-order chi connectivity index (χ0) is 13.6. The van der Waals surface area contributed by atoms with Crippen LogP contribution in [0.5, 0.6) is 5.75 Å². The first-order valence-corrected chi connectivity index (χ1v) is 7.14. The van der Waals surface area contributed by atoms with E-state index in [9.17, 15) is 4.79 Å². The van der Waals surface area contributed by atoms with E-state index in [2.05, 4.69) is 36.1 Å². The summed E-state index contributed by atoms with van der Waals surface area (Å²) < 4.78 is 6.01. The van der Waals surface area contributed by atoms with Crippen molar-refractivity contribution in [3.63, 3.8) is 0 Å². The molecule has 0 saturated heterocycles. The fourth-order valence-electron chi connectivity index (χ4n) is 1.97. The van der Waals surface area contributed by atoms with Gasteiger partial charge in [0, 0.05) is 3.58 Å². The van der Waals surface area contributed by atoms with Crippen molar-refractivity contribution in [3.8, 4) is 5.75 Å². The molecule has 0 bridgehead atoms. The van der Waals surface area contributed by atoms with Crippen molar-refractivity contribution in [2.24, 2.45) is 0 Å². The smallest absolute Gasteiger partial charge is 0.135 e. The molecule has 1 aromatic rings. The monoisotopic (exact) mass is 358 g/mol. The van der Waals surface area contributed by atoms with Crippen molar-refractivity contribution in [2.45, 2.75) is 31.6 Å². The molecule has 0 saturated carbocycles. The van der Waals surface area contributed by atoms with Crippen molar-refractivity contribution in [2.75, 3.05) is 7.11 Å². The van der Waals surface area contributed by atoms with E-state index >= 15 is 0 Å². The summed E-state index contributed by atoms with van der Waals surface area (Å²) in [4.78, 5) is 11.6.